The van der Waals surface area contributed by atoms with Crippen LogP contribution in [0.2, 0.25) is 0 Å². The molecule has 0 saturated carbocycles. The van der Waals surface area contributed by atoms with Gasteiger partial charge in [-0.25, -0.2) is 0 Å². The van der Waals surface area contributed by atoms with Gasteiger partial charge in [0.05, 0.1) is 0 Å². The van der Waals surface area contributed by atoms with E-state index in [9.17, 15) is 0 Å². The zero-order valence-corrected chi connectivity index (χ0v) is 6.28. The standard InChI is InChI=1S/C8H15N/c1-3-5-7-8(9)6-4-2/h3,5,9H,4,6-7H2,1-2H3/b5-3-,9-8?. The normalized spacial score (nSPS) is 10.4. The molecule has 0 atom stereocenters. The van der Waals surface area contributed by atoms with E-state index in [1.807, 2.05) is 19.1 Å². The summed E-state index contributed by atoms with van der Waals surface area (Å²) >= 11 is 0. The highest BCUT2D eigenvalue weighted by molar-refractivity contribution is 5.82. The van der Waals surface area contributed by atoms with Crippen LogP contribution in [0.3, 0.4) is 0 Å². The van der Waals surface area contributed by atoms with Crippen molar-refractivity contribution in [1.29, 1.82) is 5.41 Å². The molecule has 0 saturated heterocycles. The third kappa shape index (κ3) is 5.28. The maximum absolute atomic E-state index is 7.34. The number of nitrogens with one attached hydrogen (secondary N) is 1. The molecule has 0 spiro atoms. The lowest BCUT2D eigenvalue weighted by Gasteiger charge is -1.93. The van der Waals surface area contributed by atoms with Gasteiger partial charge in [0.25, 0.3) is 0 Å². The Morgan fingerprint density at radius 1 is 1.56 bits per heavy atom. The second-order valence-corrected chi connectivity index (χ2v) is 2.13. The minimum absolute atomic E-state index is 0.838. The summed E-state index contributed by atoms with van der Waals surface area (Å²) in [6, 6.07) is 0. The molecule has 0 aliphatic carbocycles. The first-order valence-corrected chi connectivity index (χ1v) is 3.48. The van der Waals surface area contributed by atoms with E-state index in [0.29, 0.717) is 0 Å². The molecule has 0 bridgehead atoms. The van der Waals surface area contributed by atoms with Crippen LogP contribution < -0.4 is 0 Å². The maximum Gasteiger partial charge on any atom is 0.0127 e. The van der Waals surface area contributed by atoms with E-state index < -0.39 is 0 Å². The summed E-state index contributed by atoms with van der Waals surface area (Å²) in [6.07, 6.45) is 6.90. The molecule has 52 valence electrons. The fourth-order valence-electron chi connectivity index (χ4n) is 0.664. The van der Waals surface area contributed by atoms with Gasteiger partial charge < -0.3 is 5.41 Å². The zero-order chi connectivity index (χ0) is 7.11. The highest BCUT2D eigenvalue weighted by Gasteiger charge is 1.88. The van der Waals surface area contributed by atoms with Crippen molar-refractivity contribution in [3.63, 3.8) is 0 Å². The van der Waals surface area contributed by atoms with Crippen LogP contribution in [0.15, 0.2) is 12.2 Å². The highest BCUT2D eigenvalue weighted by atomic mass is 14.4. The van der Waals surface area contributed by atoms with Crippen molar-refractivity contribution in [2.24, 2.45) is 0 Å². The molecule has 0 amide bonds. The molecule has 0 radical (unpaired) electrons. The molecule has 0 aliphatic heterocycles. The Hall–Kier alpha value is -0.590. The van der Waals surface area contributed by atoms with E-state index in [2.05, 4.69) is 6.92 Å². The maximum atomic E-state index is 7.34. The first-order valence-electron chi connectivity index (χ1n) is 3.48. The van der Waals surface area contributed by atoms with E-state index in [-0.39, 0.29) is 0 Å². The summed E-state index contributed by atoms with van der Waals surface area (Å²) in [6.45, 7) is 4.09. The number of rotatable bonds is 4. The van der Waals surface area contributed by atoms with E-state index >= 15 is 0 Å². The molecular weight excluding hydrogens is 110 g/mol. The lowest BCUT2D eigenvalue weighted by Crippen LogP contribution is -1.91. The van der Waals surface area contributed by atoms with Crippen LogP contribution in [-0.4, -0.2) is 5.71 Å². The Balaban J connectivity index is 3.27. The number of hydrogen-bond donors (Lipinski definition) is 1. The molecule has 0 fully saturated rings. The fourth-order valence-corrected chi connectivity index (χ4v) is 0.664. The summed E-state index contributed by atoms with van der Waals surface area (Å²) in [5.41, 5.74) is 0.843. The molecule has 9 heavy (non-hydrogen) atoms. The Bertz CT molecular complexity index is 103. The SMILES string of the molecule is C/C=C\CC(=N)CCC. The molecule has 1 nitrogen and oxygen atoms in total. The van der Waals surface area contributed by atoms with Gasteiger partial charge in [0.15, 0.2) is 0 Å². The molecule has 0 unspecified atom stereocenters. The summed E-state index contributed by atoms with van der Waals surface area (Å²) in [7, 11) is 0. The topological polar surface area (TPSA) is 23.9 Å². The van der Waals surface area contributed by atoms with Gasteiger partial charge in [-0.3, -0.25) is 0 Å². The van der Waals surface area contributed by atoms with Gasteiger partial charge in [-0.15, -0.1) is 0 Å². The first kappa shape index (κ1) is 8.41. The van der Waals surface area contributed by atoms with E-state index in [4.69, 9.17) is 5.41 Å². The van der Waals surface area contributed by atoms with Crippen LogP contribution in [-0.2, 0) is 0 Å². The Labute approximate surface area is 57.3 Å². The largest absolute Gasteiger partial charge is 0.309 e. The summed E-state index contributed by atoms with van der Waals surface area (Å²) < 4.78 is 0. The molecule has 0 aliphatic rings. The zero-order valence-electron chi connectivity index (χ0n) is 6.28. The first-order chi connectivity index (χ1) is 4.31. The van der Waals surface area contributed by atoms with Crippen LogP contribution in [0.5, 0.6) is 0 Å². The van der Waals surface area contributed by atoms with Crippen LogP contribution >= 0.6 is 0 Å². The molecule has 1 heteroatoms. The van der Waals surface area contributed by atoms with E-state index in [1.54, 1.807) is 0 Å². The van der Waals surface area contributed by atoms with Crippen molar-refractivity contribution >= 4 is 5.71 Å². The predicted molar refractivity (Wildman–Crippen MR) is 42.1 cm³/mol. The quantitative estimate of drug-likeness (QED) is 0.441. The van der Waals surface area contributed by atoms with E-state index in [0.717, 1.165) is 25.0 Å². The van der Waals surface area contributed by atoms with Gasteiger partial charge in [-0.2, -0.15) is 0 Å². The molecule has 0 heterocycles. The molecule has 1 N–H and O–H groups in total. The molecule has 0 aromatic rings. The van der Waals surface area contributed by atoms with Crippen molar-refractivity contribution in [3.8, 4) is 0 Å². The minimum Gasteiger partial charge on any atom is -0.309 e. The lowest BCUT2D eigenvalue weighted by atomic mass is 10.1. The molecule has 0 aromatic carbocycles. The number of allylic oxidation sites excluding steroid dienone is 2. The summed E-state index contributed by atoms with van der Waals surface area (Å²) in [4.78, 5) is 0. The van der Waals surface area contributed by atoms with Crippen molar-refractivity contribution in [1.82, 2.24) is 0 Å². The van der Waals surface area contributed by atoms with Crippen LogP contribution in [0.1, 0.15) is 33.1 Å². The van der Waals surface area contributed by atoms with E-state index in [1.165, 1.54) is 0 Å². The van der Waals surface area contributed by atoms with Gasteiger partial charge in [-0.1, -0.05) is 25.5 Å². The third-order valence-electron chi connectivity index (χ3n) is 1.15. The monoisotopic (exact) mass is 125 g/mol. The van der Waals surface area contributed by atoms with Gasteiger partial charge in [0, 0.05) is 12.1 Å². The van der Waals surface area contributed by atoms with Crippen LogP contribution in [0, 0.1) is 5.41 Å². The smallest absolute Gasteiger partial charge is 0.0127 e. The van der Waals surface area contributed by atoms with Gasteiger partial charge >= 0.3 is 0 Å². The Kier molecular flexibility index (Phi) is 5.18. The fraction of sp³-hybridized carbons (Fsp3) is 0.625. The average Bonchev–Trinajstić information content (AvgIpc) is 1.85. The van der Waals surface area contributed by atoms with Gasteiger partial charge in [-0.05, 0) is 13.3 Å². The second-order valence-electron chi connectivity index (χ2n) is 2.13. The van der Waals surface area contributed by atoms with Crippen molar-refractivity contribution in [3.05, 3.63) is 12.2 Å². The summed E-state index contributed by atoms with van der Waals surface area (Å²) in [5.74, 6) is 0. The van der Waals surface area contributed by atoms with Crippen molar-refractivity contribution < 1.29 is 0 Å². The summed E-state index contributed by atoms with van der Waals surface area (Å²) in [5, 5.41) is 7.34. The predicted octanol–water partition coefficient (Wildman–Crippen LogP) is 2.77. The minimum atomic E-state index is 0.838. The third-order valence-corrected chi connectivity index (χ3v) is 1.15. The van der Waals surface area contributed by atoms with Gasteiger partial charge in [0.2, 0.25) is 0 Å². The second kappa shape index (κ2) is 5.54. The molecule has 0 aromatic heterocycles. The average molecular weight is 125 g/mol. The van der Waals surface area contributed by atoms with Crippen molar-refractivity contribution in [2.75, 3.05) is 0 Å². The Morgan fingerprint density at radius 3 is 2.67 bits per heavy atom. The van der Waals surface area contributed by atoms with Gasteiger partial charge in [0.1, 0.15) is 0 Å². The Morgan fingerprint density at radius 2 is 2.22 bits per heavy atom. The number of hydrogen-bond acceptors (Lipinski definition) is 1. The molecule has 0 rings (SSSR count). The van der Waals surface area contributed by atoms with Crippen LogP contribution in [0.4, 0.5) is 0 Å². The van der Waals surface area contributed by atoms with Crippen molar-refractivity contribution in [2.45, 2.75) is 33.1 Å². The molecular formula is C8H15N. The highest BCUT2D eigenvalue weighted by Crippen LogP contribution is 1.94. The van der Waals surface area contributed by atoms with Crippen LogP contribution in [0.25, 0.3) is 0 Å². The lowest BCUT2D eigenvalue weighted by molar-refractivity contribution is 0.969.